The van der Waals surface area contributed by atoms with Crippen LogP contribution in [0, 0.1) is 0 Å². The first-order valence-electron chi connectivity index (χ1n) is 5.39. The van der Waals surface area contributed by atoms with Crippen molar-refractivity contribution in [1.29, 1.82) is 0 Å². The van der Waals surface area contributed by atoms with Crippen molar-refractivity contribution in [3.05, 3.63) is 21.1 Å². The van der Waals surface area contributed by atoms with Crippen molar-refractivity contribution in [3.8, 4) is 11.4 Å². The molecule has 0 saturated carbocycles. The van der Waals surface area contributed by atoms with Crippen molar-refractivity contribution in [3.63, 3.8) is 0 Å². The second-order valence-electron chi connectivity index (χ2n) is 5.00. The molecule has 0 amide bonds. The molecule has 0 N–H and O–H groups in total. The zero-order valence-electron chi connectivity index (χ0n) is 10.6. The van der Waals surface area contributed by atoms with E-state index in [0.29, 0.717) is 4.60 Å². The molecule has 0 fully saturated rings. The summed E-state index contributed by atoms with van der Waals surface area (Å²) in [5.41, 5.74) is 1.52. The number of halogens is 2. The van der Waals surface area contributed by atoms with Crippen LogP contribution in [0.5, 0.6) is 0 Å². The predicted octanol–water partition coefficient (Wildman–Crippen LogP) is 3.09. The first-order valence-corrected chi connectivity index (χ1v) is 6.98. The number of aromatic nitrogens is 5. The summed E-state index contributed by atoms with van der Waals surface area (Å²) in [4.78, 5) is 9.01. The predicted molar refractivity (Wildman–Crippen MR) is 76.1 cm³/mol. The molecule has 18 heavy (non-hydrogen) atoms. The number of hydrogen-bond acceptors (Lipinski definition) is 4. The summed E-state index contributed by atoms with van der Waals surface area (Å²) in [7, 11) is 1.83. The molecule has 7 heteroatoms. The Labute approximate surface area is 122 Å². The summed E-state index contributed by atoms with van der Waals surface area (Å²) in [6.07, 6.45) is 0. The van der Waals surface area contributed by atoms with E-state index in [-0.39, 0.29) is 5.41 Å². The van der Waals surface area contributed by atoms with Gasteiger partial charge in [-0.05, 0) is 37.9 Å². The Hall–Kier alpha value is -0.820. The third-order valence-corrected chi connectivity index (χ3v) is 3.33. The maximum absolute atomic E-state index is 4.60. The van der Waals surface area contributed by atoms with Crippen LogP contribution in [0.2, 0.25) is 0 Å². The van der Waals surface area contributed by atoms with Crippen LogP contribution in [0.25, 0.3) is 11.4 Å². The van der Waals surface area contributed by atoms with Crippen molar-refractivity contribution < 1.29 is 0 Å². The average Bonchev–Trinajstić information content (AvgIpc) is 2.56. The van der Waals surface area contributed by atoms with E-state index < -0.39 is 0 Å². The van der Waals surface area contributed by atoms with Gasteiger partial charge in [0.25, 0.3) is 0 Å². The van der Waals surface area contributed by atoms with E-state index in [0.717, 1.165) is 21.8 Å². The lowest BCUT2D eigenvalue weighted by Crippen LogP contribution is -2.16. The van der Waals surface area contributed by atoms with E-state index in [2.05, 4.69) is 72.9 Å². The summed E-state index contributed by atoms with van der Waals surface area (Å²) in [5.74, 6) is 0.778. The van der Waals surface area contributed by atoms with Crippen LogP contribution < -0.4 is 0 Å². The Morgan fingerprint density at radius 3 is 2.33 bits per heavy atom. The number of rotatable bonds is 1. The average molecular weight is 375 g/mol. The molecule has 0 aliphatic heterocycles. The minimum Gasteiger partial charge on any atom is -0.245 e. The lowest BCUT2D eigenvalue weighted by Gasteiger charge is -2.17. The molecule has 5 nitrogen and oxygen atoms in total. The molecule has 0 unspecified atom stereocenters. The topological polar surface area (TPSA) is 56.5 Å². The smallest absolute Gasteiger partial charge is 0.157 e. The van der Waals surface area contributed by atoms with Gasteiger partial charge in [0.2, 0.25) is 0 Å². The molecule has 96 valence electrons. The fourth-order valence-electron chi connectivity index (χ4n) is 1.48. The number of aryl methyl sites for hydroxylation is 1. The molecule has 0 radical (unpaired) electrons. The lowest BCUT2D eigenvalue weighted by molar-refractivity contribution is 0.544. The van der Waals surface area contributed by atoms with Crippen LogP contribution in [0.4, 0.5) is 0 Å². The highest BCUT2D eigenvalue weighted by Crippen LogP contribution is 2.28. The van der Waals surface area contributed by atoms with Crippen molar-refractivity contribution in [1.82, 2.24) is 25.0 Å². The molecule has 2 heterocycles. The van der Waals surface area contributed by atoms with E-state index in [4.69, 9.17) is 0 Å². The summed E-state index contributed by atoms with van der Waals surface area (Å²) >= 11 is 6.81. The van der Waals surface area contributed by atoms with E-state index in [1.807, 2.05) is 13.1 Å². The highest BCUT2D eigenvalue weighted by molar-refractivity contribution is 9.10. The van der Waals surface area contributed by atoms with Crippen LogP contribution in [0.3, 0.4) is 0 Å². The fourth-order valence-corrected chi connectivity index (χ4v) is 2.39. The van der Waals surface area contributed by atoms with E-state index in [1.165, 1.54) is 0 Å². The first-order chi connectivity index (χ1) is 8.29. The Morgan fingerprint density at radius 2 is 1.83 bits per heavy atom. The van der Waals surface area contributed by atoms with Crippen molar-refractivity contribution >= 4 is 31.9 Å². The molecule has 0 aromatic carbocycles. The molecule has 0 spiro atoms. The second-order valence-corrected chi connectivity index (χ2v) is 6.57. The van der Waals surface area contributed by atoms with Gasteiger partial charge in [-0.2, -0.15) is 0 Å². The molecular formula is C11H13Br2N5. The minimum absolute atomic E-state index is 0.114. The number of nitrogens with zero attached hydrogens (tertiary/aromatic N) is 5. The van der Waals surface area contributed by atoms with Crippen molar-refractivity contribution in [2.45, 2.75) is 26.2 Å². The van der Waals surface area contributed by atoms with Crippen LogP contribution >= 0.6 is 31.9 Å². The molecule has 0 atom stereocenters. The van der Waals surface area contributed by atoms with Gasteiger partial charge in [-0.15, -0.1) is 5.10 Å². The standard InChI is InChI=1S/C11H13Br2N5/c1-11(2,3)10-14-6(5-7(12)15-10)8-9(13)16-17-18(8)4/h5H,1-4H3. The SMILES string of the molecule is Cn1nnc(Br)c1-c1cc(Br)nc(C(C)(C)C)n1. The first kappa shape index (κ1) is 13.6. The van der Waals surface area contributed by atoms with Gasteiger partial charge < -0.3 is 0 Å². The molecule has 2 rings (SSSR count). The summed E-state index contributed by atoms with van der Waals surface area (Å²) in [6, 6.07) is 1.86. The normalized spacial score (nSPS) is 11.9. The minimum atomic E-state index is -0.114. The van der Waals surface area contributed by atoms with Crippen LogP contribution in [-0.4, -0.2) is 25.0 Å². The van der Waals surface area contributed by atoms with Crippen LogP contribution in [0.1, 0.15) is 26.6 Å². The Bertz CT molecular complexity index is 566. The summed E-state index contributed by atoms with van der Waals surface area (Å²) in [5, 5.41) is 7.93. The summed E-state index contributed by atoms with van der Waals surface area (Å²) < 4.78 is 3.12. The highest BCUT2D eigenvalue weighted by atomic mass is 79.9. The van der Waals surface area contributed by atoms with Crippen LogP contribution in [0.15, 0.2) is 15.3 Å². The zero-order chi connectivity index (χ0) is 13.5. The molecule has 0 aliphatic rings. The van der Waals surface area contributed by atoms with Crippen LogP contribution in [-0.2, 0) is 12.5 Å². The third-order valence-electron chi connectivity index (χ3n) is 2.39. The van der Waals surface area contributed by atoms with Gasteiger partial charge in [0.15, 0.2) is 4.60 Å². The Morgan fingerprint density at radius 1 is 1.17 bits per heavy atom. The monoisotopic (exact) mass is 373 g/mol. The molecule has 0 aliphatic carbocycles. The van der Waals surface area contributed by atoms with E-state index in [1.54, 1.807) is 4.68 Å². The quantitative estimate of drug-likeness (QED) is 0.719. The maximum Gasteiger partial charge on any atom is 0.157 e. The van der Waals surface area contributed by atoms with Gasteiger partial charge in [0.05, 0.1) is 5.69 Å². The Balaban J connectivity index is 2.63. The van der Waals surface area contributed by atoms with Gasteiger partial charge in [-0.1, -0.05) is 26.0 Å². The van der Waals surface area contributed by atoms with Crippen molar-refractivity contribution in [2.75, 3.05) is 0 Å². The van der Waals surface area contributed by atoms with E-state index >= 15 is 0 Å². The van der Waals surface area contributed by atoms with Gasteiger partial charge in [0, 0.05) is 12.5 Å². The fraction of sp³-hybridized carbons (Fsp3) is 0.455. The molecule has 0 bridgehead atoms. The zero-order valence-corrected chi connectivity index (χ0v) is 13.7. The van der Waals surface area contributed by atoms with Gasteiger partial charge >= 0.3 is 0 Å². The van der Waals surface area contributed by atoms with Gasteiger partial charge in [0.1, 0.15) is 16.1 Å². The lowest BCUT2D eigenvalue weighted by atomic mass is 9.95. The van der Waals surface area contributed by atoms with Gasteiger partial charge in [-0.25, -0.2) is 14.6 Å². The van der Waals surface area contributed by atoms with E-state index in [9.17, 15) is 0 Å². The Kier molecular flexibility index (Phi) is 3.55. The highest BCUT2D eigenvalue weighted by Gasteiger charge is 2.21. The third kappa shape index (κ3) is 2.61. The maximum atomic E-state index is 4.60. The largest absolute Gasteiger partial charge is 0.245 e. The number of hydrogen-bond donors (Lipinski definition) is 0. The molecule has 2 aromatic rings. The second kappa shape index (κ2) is 4.70. The molecule has 0 saturated heterocycles. The molecular weight excluding hydrogens is 362 g/mol. The molecule has 2 aromatic heterocycles. The van der Waals surface area contributed by atoms with Crippen molar-refractivity contribution in [2.24, 2.45) is 7.05 Å². The van der Waals surface area contributed by atoms with Gasteiger partial charge in [-0.3, -0.25) is 0 Å². The summed E-state index contributed by atoms with van der Waals surface area (Å²) in [6.45, 7) is 6.24.